The Labute approximate surface area is 94.9 Å². The Hall–Kier alpha value is -0.260. The second kappa shape index (κ2) is 7.09. The lowest BCUT2D eigenvalue weighted by Gasteiger charge is -2.22. The van der Waals surface area contributed by atoms with Gasteiger partial charge in [0.1, 0.15) is 6.04 Å². The first-order valence-electron chi connectivity index (χ1n) is 5.35. The third-order valence-electron chi connectivity index (χ3n) is 2.27. The molecule has 0 saturated carbocycles. The average molecular weight is 233 g/mol. The van der Waals surface area contributed by atoms with Crippen LogP contribution < -0.4 is 5.73 Å². The van der Waals surface area contributed by atoms with E-state index in [2.05, 4.69) is 0 Å². The molecule has 1 saturated heterocycles. The zero-order chi connectivity index (χ0) is 11.1. The van der Waals surface area contributed by atoms with Gasteiger partial charge in [0.2, 0.25) is 0 Å². The van der Waals surface area contributed by atoms with E-state index in [9.17, 15) is 4.79 Å². The molecule has 4 nitrogen and oxygen atoms in total. The van der Waals surface area contributed by atoms with E-state index in [1.165, 1.54) is 0 Å². The van der Waals surface area contributed by atoms with Crippen molar-refractivity contribution in [2.45, 2.75) is 31.1 Å². The van der Waals surface area contributed by atoms with Crippen molar-refractivity contribution in [3.63, 3.8) is 0 Å². The standard InChI is InChI=1S/C10H19NO3S/c1-2-14-10(12)9(11)7-15-8-3-5-13-6-4-8/h8-9H,2-7,11H2,1H3. The van der Waals surface area contributed by atoms with Crippen LogP contribution in [0.15, 0.2) is 0 Å². The number of carbonyl (C=O) groups is 1. The summed E-state index contributed by atoms with van der Waals surface area (Å²) in [5, 5.41) is 0.583. The molecule has 1 aliphatic rings. The van der Waals surface area contributed by atoms with Crippen molar-refractivity contribution in [2.75, 3.05) is 25.6 Å². The summed E-state index contributed by atoms with van der Waals surface area (Å²) >= 11 is 1.75. The first-order chi connectivity index (χ1) is 7.24. The smallest absolute Gasteiger partial charge is 0.323 e. The average Bonchev–Trinajstić information content (AvgIpc) is 2.27. The molecule has 0 amide bonds. The van der Waals surface area contributed by atoms with Crippen molar-refractivity contribution in [1.29, 1.82) is 0 Å². The number of hydrogen-bond acceptors (Lipinski definition) is 5. The summed E-state index contributed by atoms with van der Waals surface area (Å²) in [7, 11) is 0. The molecule has 1 heterocycles. The maximum Gasteiger partial charge on any atom is 0.323 e. The maximum atomic E-state index is 11.2. The topological polar surface area (TPSA) is 61.5 Å². The van der Waals surface area contributed by atoms with Crippen LogP contribution in [0.1, 0.15) is 19.8 Å². The van der Waals surface area contributed by atoms with Crippen LogP contribution in [-0.2, 0) is 14.3 Å². The fourth-order valence-corrected chi connectivity index (χ4v) is 2.54. The van der Waals surface area contributed by atoms with Gasteiger partial charge in [-0.2, -0.15) is 11.8 Å². The fourth-order valence-electron chi connectivity index (χ4n) is 1.40. The molecule has 0 aromatic rings. The summed E-state index contributed by atoms with van der Waals surface area (Å²) in [5.41, 5.74) is 5.69. The van der Waals surface area contributed by atoms with Crippen LogP contribution in [0.5, 0.6) is 0 Å². The predicted molar refractivity (Wildman–Crippen MR) is 60.9 cm³/mol. The molecule has 0 aromatic carbocycles. The molecule has 1 aliphatic heterocycles. The van der Waals surface area contributed by atoms with E-state index in [0.29, 0.717) is 17.6 Å². The zero-order valence-corrected chi connectivity index (χ0v) is 9.92. The number of esters is 1. The summed E-state index contributed by atoms with van der Waals surface area (Å²) in [4.78, 5) is 11.2. The van der Waals surface area contributed by atoms with Crippen molar-refractivity contribution in [2.24, 2.45) is 5.73 Å². The maximum absolute atomic E-state index is 11.2. The first kappa shape index (κ1) is 12.8. The Morgan fingerprint density at radius 1 is 1.60 bits per heavy atom. The van der Waals surface area contributed by atoms with Crippen LogP contribution in [0.2, 0.25) is 0 Å². The highest BCUT2D eigenvalue weighted by molar-refractivity contribution is 7.99. The van der Waals surface area contributed by atoms with E-state index in [1.54, 1.807) is 18.7 Å². The number of rotatable bonds is 5. The first-order valence-corrected chi connectivity index (χ1v) is 6.40. The summed E-state index contributed by atoms with van der Waals surface area (Å²) in [6, 6.07) is -0.488. The van der Waals surface area contributed by atoms with Gasteiger partial charge in [0.15, 0.2) is 0 Å². The predicted octanol–water partition coefficient (Wildman–Crippen LogP) is 0.789. The quantitative estimate of drug-likeness (QED) is 0.711. The monoisotopic (exact) mass is 233 g/mol. The normalized spacial score (nSPS) is 19.9. The number of thioether (sulfide) groups is 1. The van der Waals surface area contributed by atoms with E-state index in [-0.39, 0.29) is 5.97 Å². The molecular formula is C10H19NO3S. The third-order valence-corrected chi connectivity index (χ3v) is 3.76. The van der Waals surface area contributed by atoms with Gasteiger partial charge in [-0.15, -0.1) is 0 Å². The lowest BCUT2D eigenvalue weighted by molar-refractivity contribution is -0.144. The van der Waals surface area contributed by atoms with Gasteiger partial charge < -0.3 is 15.2 Å². The van der Waals surface area contributed by atoms with Crippen molar-refractivity contribution in [3.05, 3.63) is 0 Å². The van der Waals surface area contributed by atoms with Gasteiger partial charge >= 0.3 is 5.97 Å². The van der Waals surface area contributed by atoms with Gasteiger partial charge in [0.05, 0.1) is 6.61 Å². The van der Waals surface area contributed by atoms with Crippen LogP contribution in [0.4, 0.5) is 0 Å². The van der Waals surface area contributed by atoms with Gasteiger partial charge in [0.25, 0.3) is 0 Å². The summed E-state index contributed by atoms with van der Waals surface area (Å²) in [6.45, 7) is 3.84. The number of ether oxygens (including phenoxy) is 2. The minimum absolute atomic E-state index is 0.294. The number of hydrogen-bond donors (Lipinski definition) is 1. The molecule has 15 heavy (non-hydrogen) atoms. The van der Waals surface area contributed by atoms with Gasteiger partial charge in [-0.3, -0.25) is 4.79 Å². The molecular weight excluding hydrogens is 214 g/mol. The lowest BCUT2D eigenvalue weighted by atomic mass is 10.2. The third kappa shape index (κ3) is 4.86. The van der Waals surface area contributed by atoms with Crippen LogP contribution in [-0.4, -0.2) is 42.8 Å². The van der Waals surface area contributed by atoms with E-state index >= 15 is 0 Å². The lowest BCUT2D eigenvalue weighted by Crippen LogP contribution is -2.35. The Morgan fingerprint density at radius 2 is 2.27 bits per heavy atom. The molecule has 1 fully saturated rings. The van der Waals surface area contributed by atoms with Gasteiger partial charge in [0, 0.05) is 24.2 Å². The molecule has 1 rings (SSSR count). The molecule has 0 spiro atoms. The van der Waals surface area contributed by atoms with Gasteiger partial charge in [-0.05, 0) is 19.8 Å². The highest BCUT2D eigenvalue weighted by Gasteiger charge is 2.19. The van der Waals surface area contributed by atoms with Crippen molar-refractivity contribution in [1.82, 2.24) is 0 Å². The second-order valence-electron chi connectivity index (χ2n) is 3.50. The molecule has 0 bridgehead atoms. The van der Waals surface area contributed by atoms with Gasteiger partial charge in [-0.25, -0.2) is 0 Å². The molecule has 0 radical (unpaired) electrons. The Bertz CT molecular complexity index is 195. The zero-order valence-electron chi connectivity index (χ0n) is 9.11. The minimum atomic E-state index is -0.488. The Morgan fingerprint density at radius 3 is 2.87 bits per heavy atom. The molecule has 0 aliphatic carbocycles. The van der Waals surface area contributed by atoms with E-state index < -0.39 is 6.04 Å². The van der Waals surface area contributed by atoms with Crippen LogP contribution in [0, 0.1) is 0 Å². The van der Waals surface area contributed by atoms with Crippen LogP contribution in [0.25, 0.3) is 0 Å². The largest absolute Gasteiger partial charge is 0.465 e. The van der Waals surface area contributed by atoms with Crippen molar-refractivity contribution >= 4 is 17.7 Å². The molecule has 0 aromatic heterocycles. The SMILES string of the molecule is CCOC(=O)C(N)CSC1CCOCC1. The highest BCUT2D eigenvalue weighted by Crippen LogP contribution is 2.22. The molecule has 1 atom stereocenters. The van der Waals surface area contributed by atoms with E-state index in [4.69, 9.17) is 15.2 Å². The van der Waals surface area contributed by atoms with Crippen molar-refractivity contribution in [3.8, 4) is 0 Å². The molecule has 88 valence electrons. The Kier molecular flexibility index (Phi) is 6.05. The van der Waals surface area contributed by atoms with E-state index in [1.807, 2.05) is 0 Å². The van der Waals surface area contributed by atoms with Crippen molar-refractivity contribution < 1.29 is 14.3 Å². The minimum Gasteiger partial charge on any atom is -0.465 e. The van der Waals surface area contributed by atoms with Crippen LogP contribution >= 0.6 is 11.8 Å². The molecule has 2 N–H and O–H groups in total. The van der Waals surface area contributed by atoms with Crippen LogP contribution in [0.3, 0.4) is 0 Å². The van der Waals surface area contributed by atoms with E-state index in [0.717, 1.165) is 26.1 Å². The summed E-state index contributed by atoms with van der Waals surface area (Å²) in [5.74, 6) is 0.348. The molecule has 1 unspecified atom stereocenters. The number of nitrogens with two attached hydrogens (primary N) is 1. The highest BCUT2D eigenvalue weighted by atomic mass is 32.2. The fraction of sp³-hybridized carbons (Fsp3) is 0.900. The molecule has 5 heteroatoms. The summed E-state index contributed by atoms with van der Waals surface area (Å²) in [6.07, 6.45) is 2.11. The van der Waals surface area contributed by atoms with Gasteiger partial charge in [-0.1, -0.05) is 0 Å². The summed E-state index contributed by atoms with van der Waals surface area (Å²) < 4.78 is 10.1. The number of carbonyl (C=O) groups excluding carboxylic acids is 1. The second-order valence-corrected chi connectivity index (χ2v) is 4.84. The Balaban J connectivity index is 2.14.